The molecule has 7 nitrogen and oxygen atoms in total. The number of aryl methyl sites for hydroxylation is 1. The van der Waals surface area contributed by atoms with Crippen LogP contribution in [0.3, 0.4) is 0 Å². The fourth-order valence-electron chi connectivity index (χ4n) is 3.22. The van der Waals surface area contributed by atoms with E-state index >= 15 is 0 Å². The molecular formula is C21H26ClN3O4. The number of Topliss-reactive ketones (excluding diaryl/α,β-unsaturated/α-hetero) is 1. The summed E-state index contributed by atoms with van der Waals surface area (Å²) in [6.45, 7) is 6.35. The highest BCUT2D eigenvalue weighted by atomic mass is 35.5. The number of urea groups is 1. The summed E-state index contributed by atoms with van der Waals surface area (Å²) in [6.07, 6.45) is 0.796. The van der Waals surface area contributed by atoms with Crippen LogP contribution in [0.1, 0.15) is 53.1 Å². The smallest absolute Gasteiger partial charge is 0.312 e. The fraction of sp³-hybridized carbons (Fsp3) is 0.381. The number of ether oxygens (including phenoxy) is 1. The van der Waals surface area contributed by atoms with Gasteiger partial charge in [0.2, 0.25) is 5.78 Å². The van der Waals surface area contributed by atoms with Gasteiger partial charge in [0, 0.05) is 28.5 Å². The minimum atomic E-state index is -0.766. The summed E-state index contributed by atoms with van der Waals surface area (Å²) < 4.78 is 7.24. The largest absolute Gasteiger partial charge is 0.457 e. The van der Waals surface area contributed by atoms with Crippen molar-refractivity contribution < 1.29 is 19.1 Å². The molecule has 8 heteroatoms. The standard InChI is InChI=1S/C21H26ClN3O4/c1-4-9-25-13(2)10-17(14(25)3)19(26)12-29-20(27)11-18(24-21(23)28)15-5-7-16(22)8-6-15/h5-8,10,18H,4,9,11-12H2,1-3H3,(H3,23,24,28)/t18-/m1/s1. The van der Waals surface area contributed by atoms with Gasteiger partial charge in [-0.2, -0.15) is 0 Å². The van der Waals surface area contributed by atoms with Gasteiger partial charge in [0.15, 0.2) is 6.61 Å². The van der Waals surface area contributed by atoms with E-state index in [9.17, 15) is 14.4 Å². The van der Waals surface area contributed by atoms with Crippen molar-refractivity contribution in [3.8, 4) is 0 Å². The molecule has 0 aliphatic heterocycles. The number of carbonyl (C=O) groups excluding carboxylic acids is 3. The van der Waals surface area contributed by atoms with Gasteiger partial charge in [-0.1, -0.05) is 30.7 Å². The number of nitrogens with two attached hydrogens (primary N) is 1. The van der Waals surface area contributed by atoms with Crippen molar-refractivity contribution in [3.63, 3.8) is 0 Å². The van der Waals surface area contributed by atoms with Crippen LogP contribution in [0.5, 0.6) is 0 Å². The molecule has 0 radical (unpaired) electrons. The molecule has 1 aromatic heterocycles. The first-order valence-electron chi connectivity index (χ1n) is 9.39. The molecule has 0 fully saturated rings. The normalized spacial score (nSPS) is 11.7. The van der Waals surface area contributed by atoms with Gasteiger partial charge < -0.3 is 20.4 Å². The van der Waals surface area contributed by atoms with Gasteiger partial charge in [0.1, 0.15) is 0 Å². The number of nitrogens with one attached hydrogen (secondary N) is 1. The van der Waals surface area contributed by atoms with Gasteiger partial charge in [0.25, 0.3) is 0 Å². The molecule has 156 valence electrons. The van der Waals surface area contributed by atoms with E-state index in [2.05, 4.69) is 16.8 Å². The highest BCUT2D eigenvalue weighted by Crippen LogP contribution is 2.20. The molecule has 29 heavy (non-hydrogen) atoms. The van der Waals surface area contributed by atoms with Crippen LogP contribution in [-0.2, 0) is 16.1 Å². The summed E-state index contributed by atoms with van der Waals surface area (Å²) in [5.41, 5.74) is 8.26. The molecule has 3 N–H and O–H groups in total. The van der Waals surface area contributed by atoms with Gasteiger partial charge in [-0.05, 0) is 44.0 Å². The minimum Gasteiger partial charge on any atom is -0.457 e. The topological polar surface area (TPSA) is 103 Å². The van der Waals surface area contributed by atoms with Gasteiger partial charge in [0.05, 0.1) is 12.5 Å². The van der Waals surface area contributed by atoms with Crippen molar-refractivity contribution in [2.75, 3.05) is 6.61 Å². The predicted octanol–water partition coefficient (Wildman–Crippen LogP) is 3.69. The molecule has 2 aromatic rings. The summed E-state index contributed by atoms with van der Waals surface area (Å²) in [7, 11) is 0. The van der Waals surface area contributed by atoms with Crippen LogP contribution < -0.4 is 11.1 Å². The molecular weight excluding hydrogens is 394 g/mol. The second-order valence-corrected chi connectivity index (χ2v) is 7.27. The van der Waals surface area contributed by atoms with Crippen LogP contribution in [-0.4, -0.2) is 29.0 Å². The second-order valence-electron chi connectivity index (χ2n) is 6.84. The van der Waals surface area contributed by atoms with E-state index in [0.717, 1.165) is 24.4 Å². The number of rotatable bonds is 9. The van der Waals surface area contributed by atoms with E-state index in [1.165, 1.54) is 0 Å². The highest BCUT2D eigenvalue weighted by molar-refractivity contribution is 6.30. The quantitative estimate of drug-likeness (QED) is 0.477. The lowest BCUT2D eigenvalue weighted by atomic mass is 10.0. The van der Waals surface area contributed by atoms with E-state index in [1.54, 1.807) is 24.3 Å². The monoisotopic (exact) mass is 419 g/mol. The van der Waals surface area contributed by atoms with Crippen molar-refractivity contribution >= 4 is 29.4 Å². The number of ketones is 1. The fourth-order valence-corrected chi connectivity index (χ4v) is 3.35. The van der Waals surface area contributed by atoms with Gasteiger partial charge in [-0.25, -0.2) is 4.79 Å². The van der Waals surface area contributed by atoms with Crippen molar-refractivity contribution in [2.24, 2.45) is 5.73 Å². The average molecular weight is 420 g/mol. The molecule has 1 heterocycles. The third-order valence-corrected chi connectivity index (χ3v) is 4.90. The lowest BCUT2D eigenvalue weighted by Crippen LogP contribution is -2.34. The Labute approximate surface area is 175 Å². The lowest BCUT2D eigenvalue weighted by molar-refractivity contribution is -0.143. The Morgan fingerprint density at radius 1 is 1.21 bits per heavy atom. The number of primary amides is 1. The maximum Gasteiger partial charge on any atom is 0.312 e. The van der Waals surface area contributed by atoms with E-state index in [0.29, 0.717) is 16.1 Å². The summed E-state index contributed by atoms with van der Waals surface area (Å²) in [6, 6.07) is 7.03. The average Bonchev–Trinajstić information content (AvgIpc) is 2.94. The van der Waals surface area contributed by atoms with E-state index < -0.39 is 18.0 Å². The maximum atomic E-state index is 12.5. The molecule has 1 aromatic carbocycles. The van der Waals surface area contributed by atoms with Crippen LogP contribution >= 0.6 is 11.6 Å². The third-order valence-electron chi connectivity index (χ3n) is 4.65. The Hall–Kier alpha value is -2.80. The summed E-state index contributed by atoms with van der Waals surface area (Å²) >= 11 is 5.87. The van der Waals surface area contributed by atoms with Gasteiger partial charge >= 0.3 is 12.0 Å². The van der Waals surface area contributed by atoms with Crippen LogP contribution in [0.4, 0.5) is 4.79 Å². The van der Waals surface area contributed by atoms with Crippen LogP contribution in [0.25, 0.3) is 0 Å². The van der Waals surface area contributed by atoms with Crippen molar-refractivity contribution in [2.45, 2.75) is 46.2 Å². The summed E-state index contributed by atoms with van der Waals surface area (Å²) in [5, 5.41) is 3.03. The Kier molecular flexibility index (Phi) is 7.84. The molecule has 2 rings (SSSR count). The van der Waals surface area contributed by atoms with Crippen LogP contribution in [0.15, 0.2) is 30.3 Å². The zero-order chi connectivity index (χ0) is 21.6. The maximum absolute atomic E-state index is 12.5. The Bertz CT molecular complexity index is 890. The van der Waals surface area contributed by atoms with Crippen LogP contribution in [0, 0.1) is 13.8 Å². The first-order valence-corrected chi connectivity index (χ1v) is 9.77. The Morgan fingerprint density at radius 2 is 1.86 bits per heavy atom. The molecule has 0 spiro atoms. The third kappa shape index (κ3) is 6.09. The molecule has 0 unspecified atom stereocenters. The first kappa shape index (κ1) is 22.5. The van der Waals surface area contributed by atoms with E-state index in [1.807, 2.05) is 19.9 Å². The molecule has 0 aliphatic rings. The van der Waals surface area contributed by atoms with Crippen molar-refractivity contribution in [1.82, 2.24) is 9.88 Å². The van der Waals surface area contributed by atoms with Crippen molar-refractivity contribution in [1.29, 1.82) is 0 Å². The van der Waals surface area contributed by atoms with Gasteiger partial charge in [-0.3, -0.25) is 9.59 Å². The van der Waals surface area contributed by atoms with E-state index in [-0.39, 0.29) is 18.8 Å². The molecule has 2 amide bonds. The second kappa shape index (κ2) is 10.1. The number of amides is 2. The predicted molar refractivity (Wildman–Crippen MR) is 111 cm³/mol. The molecule has 0 aliphatic carbocycles. The summed E-state index contributed by atoms with van der Waals surface area (Å²) in [5.74, 6) is -0.880. The number of hydrogen-bond donors (Lipinski definition) is 2. The Balaban J connectivity index is 2.01. The Morgan fingerprint density at radius 3 is 2.45 bits per heavy atom. The van der Waals surface area contributed by atoms with Gasteiger partial charge in [-0.15, -0.1) is 0 Å². The van der Waals surface area contributed by atoms with E-state index in [4.69, 9.17) is 22.1 Å². The molecule has 0 saturated carbocycles. The molecule has 1 atom stereocenters. The number of benzene rings is 1. The zero-order valence-corrected chi connectivity index (χ0v) is 17.6. The lowest BCUT2D eigenvalue weighted by Gasteiger charge is -2.17. The number of carbonyl (C=O) groups is 3. The highest BCUT2D eigenvalue weighted by Gasteiger charge is 2.21. The number of aromatic nitrogens is 1. The minimum absolute atomic E-state index is 0.160. The number of nitrogens with zero attached hydrogens (tertiary/aromatic N) is 1. The zero-order valence-electron chi connectivity index (χ0n) is 16.8. The summed E-state index contributed by atoms with van der Waals surface area (Å²) in [4.78, 5) is 36.1. The number of hydrogen-bond acceptors (Lipinski definition) is 4. The number of halogens is 1. The van der Waals surface area contributed by atoms with Crippen LogP contribution in [0.2, 0.25) is 5.02 Å². The number of esters is 1. The molecule has 0 bridgehead atoms. The van der Waals surface area contributed by atoms with Crippen molar-refractivity contribution in [3.05, 3.63) is 57.9 Å². The molecule has 0 saturated heterocycles. The first-order chi connectivity index (χ1) is 13.7. The SMILES string of the molecule is CCCn1c(C)cc(C(=O)COC(=O)C[C@@H](NC(N)=O)c2ccc(Cl)cc2)c1C.